The lowest BCUT2D eigenvalue weighted by molar-refractivity contribution is 0.0773. The molecule has 0 spiro atoms. The molecule has 0 bridgehead atoms. The minimum atomic E-state index is -0.343. The van der Waals surface area contributed by atoms with Crippen molar-refractivity contribution < 1.29 is 9.84 Å². The van der Waals surface area contributed by atoms with Crippen molar-refractivity contribution in [1.29, 1.82) is 0 Å². The fraction of sp³-hybridized carbons (Fsp3) is 0.391. The van der Waals surface area contributed by atoms with Gasteiger partial charge in [-0.2, -0.15) is 10.1 Å². The van der Waals surface area contributed by atoms with Crippen LogP contribution in [0.5, 0.6) is 5.88 Å². The van der Waals surface area contributed by atoms with E-state index in [1.807, 2.05) is 38.2 Å². The van der Waals surface area contributed by atoms with Crippen LogP contribution < -0.4 is 4.74 Å². The lowest BCUT2D eigenvalue weighted by Gasteiger charge is -2.29. The number of methoxy groups -OCH3 is 1. The summed E-state index contributed by atoms with van der Waals surface area (Å²) in [5, 5.41) is 14.8. The number of rotatable bonds is 4. The number of hydrogen-bond acceptors (Lipinski definition) is 6. The van der Waals surface area contributed by atoms with Crippen molar-refractivity contribution in [3.05, 3.63) is 48.0 Å². The molecule has 2 atom stereocenters. The van der Waals surface area contributed by atoms with Crippen LogP contribution in [0.3, 0.4) is 0 Å². The first kappa shape index (κ1) is 19.7. The predicted octanol–water partition coefficient (Wildman–Crippen LogP) is 3.78. The predicted molar refractivity (Wildman–Crippen MR) is 117 cm³/mol. The van der Waals surface area contributed by atoms with Crippen molar-refractivity contribution in [2.24, 2.45) is 0 Å². The number of aliphatic hydroxyl groups is 1. The Morgan fingerprint density at radius 3 is 2.68 bits per heavy atom. The Labute approximate surface area is 180 Å². The van der Waals surface area contributed by atoms with Gasteiger partial charge in [-0.15, -0.1) is 0 Å². The van der Waals surface area contributed by atoms with Crippen molar-refractivity contribution >= 4 is 11.2 Å². The summed E-state index contributed by atoms with van der Waals surface area (Å²) in [4.78, 5) is 14.5. The van der Waals surface area contributed by atoms with Crippen LogP contribution in [0.15, 0.2) is 36.8 Å². The van der Waals surface area contributed by atoms with Crippen LogP contribution in [0, 0.1) is 13.8 Å². The average molecular weight is 419 g/mol. The highest BCUT2D eigenvalue weighted by Crippen LogP contribution is 2.35. The molecule has 0 saturated heterocycles. The van der Waals surface area contributed by atoms with E-state index in [4.69, 9.17) is 14.7 Å². The van der Waals surface area contributed by atoms with E-state index in [1.165, 1.54) is 0 Å². The van der Waals surface area contributed by atoms with Crippen molar-refractivity contribution in [2.45, 2.75) is 51.7 Å². The second kappa shape index (κ2) is 7.77. The number of aryl methyl sites for hydroxylation is 2. The van der Waals surface area contributed by atoms with Gasteiger partial charge < -0.3 is 14.4 Å². The Bertz CT molecular complexity index is 1230. The summed E-state index contributed by atoms with van der Waals surface area (Å²) >= 11 is 0. The number of fused-ring (bicyclic) bond motifs is 1. The molecule has 4 aromatic heterocycles. The van der Waals surface area contributed by atoms with E-state index in [-0.39, 0.29) is 12.1 Å². The Morgan fingerprint density at radius 1 is 1.10 bits per heavy atom. The number of aliphatic hydroxyl groups excluding tert-OH is 1. The zero-order valence-electron chi connectivity index (χ0n) is 18.0. The zero-order chi connectivity index (χ0) is 21.5. The molecule has 1 saturated carbocycles. The molecule has 4 heterocycles. The van der Waals surface area contributed by atoms with Crippen molar-refractivity contribution in [2.75, 3.05) is 7.11 Å². The van der Waals surface area contributed by atoms with Crippen LogP contribution in [0.25, 0.3) is 28.2 Å². The molecule has 0 aliphatic heterocycles. The lowest BCUT2D eigenvalue weighted by atomic mass is 9.92. The van der Waals surface area contributed by atoms with E-state index in [0.717, 1.165) is 59.4 Å². The molecule has 0 aromatic carbocycles. The van der Waals surface area contributed by atoms with E-state index in [9.17, 15) is 5.11 Å². The molecule has 4 aromatic rings. The quantitative estimate of drug-likeness (QED) is 0.542. The summed E-state index contributed by atoms with van der Waals surface area (Å²) in [7, 11) is 1.60. The molecule has 1 aliphatic carbocycles. The van der Waals surface area contributed by atoms with Crippen molar-refractivity contribution in [1.82, 2.24) is 29.3 Å². The van der Waals surface area contributed by atoms with Gasteiger partial charge in [-0.25, -0.2) is 14.6 Å². The molecule has 8 nitrogen and oxygen atoms in total. The molecule has 8 heteroatoms. The molecule has 5 rings (SSSR count). The van der Waals surface area contributed by atoms with Gasteiger partial charge >= 0.3 is 0 Å². The second-order valence-corrected chi connectivity index (χ2v) is 8.15. The molecule has 1 fully saturated rings. The minimum absolute atomic E-state index is 0.0501. The maximum absolute atomic E-state index is 10.6. The topological polar surface area (TPSA) is 90.9 Å². The molecule has 1 aliphatic rings. The molecule has 0 radical (unpaired) electrons. The third-order valence-corrected chi connectivity index (χ3v) is 6.09. The monoisotopic (exact) mass is 418 g/mol. The fourth-order valence-corrected chi connectivity index (χ4v) is 4.51. The number of hydrogen-bond donors (Lipinski definition) is 1. The van der Waals surface area contributed by atoms with Gasteiger partial charge in [0.1, 0.15) is 5.52 Å². The maximum Gasteiger partial charge on any atom is 0.224 e. The van der Waals surface area contributed by atoms with Gasteiger partial charge in [0.25, 0.3) is 0 Å². The van der Waals surface area contributed by atoms with E-state index in [0.29, 0.717) is 11.7 Å². The first-order valence-corrected chi connectivity index (χ1v) is 10.7. The van der Waals surface area contributed by atoms with Crippen LogP contribution in [0.1, 0.15) is 43.0 Å². The highest BCUT2D eigenvalue weighted by Gasteiger charge is 2.27. The summed E-state index contributed by atoms with van der Waals surface area (Å²) in [6.07, 6.45) is 9.27. The van der Waals surface area contributed by atoms with Gasteiger partial charge in [0, 0.05) is 18.6 Å². The molecule has 31 heavy (non-hydrogen) atoms. The van der Waals surface area contributed by atoms with Crippen molar-refractivity contribution in [3.63, 3.8) is 0 Å². The second-order valence-electron chi connectivity index (χ2n) is 8.15. The molecular formula is C23H26N6O2. The van der Waals surface area contributed by atoms with E-state index in [1.54, 1.807) is 18.0 Å². The van der Waals surface area contributed by atoms with Gasteiger partial charge in [0.15, 0.2) is 11.5 Å². The summed E-state index contributed by atoms with van der Waals surface area (Å²) in [5.74, 6) is 1.15. The number of pyridine rings is 1. The number of nitrogens with zero attached hydrogens (tertiary/aromatic N) is 6. The molecule has 1 N–H and O–H groups in total. The highest BCUT2D eigenvalue weighted by atomic mass is 16.5. The Hall–Kier alpha value is -3.26. The number of aromatic nitrogens is 6. The summed E-state index contributed by atoms with van der Waals surface area (Å²) in [5.41, 5.74) is 5.04. The van der Waals surface area contributed by atoms with E-state index in [2.05, 4.69) is 20.8 Å². The molecule has 160 valence electrons. The first-order valence-electron chi connectivity index (χ1n) is 10.7. The summed E-state index contributed by atoms with van der Waals surface area (Å²) in [6.45, 7) is 3.99. The van der Waals surface area contributed by atoms with E-state index >= 15 is 0 Å². The summed E-state index contributed by atoms with van der Waals surface area (Å²) < 4.78 is 9.40. The minimum Gasteiger partial charge on any atom is -0.480 e. The third kappa shape index (κ3) is 3.37. The SMILES string of the molecule is COc1nc(-n2cccn2)ccc1-c1nc2c(C)cn([C@H]3CCCC[C@@H]3O)c2nc1C. The largest absolute Gasteiger partial charge is 0.480 e. The molecule has 0 unspecified atom stereocenters. The van der Waals surface area contributed by atoms with Crippen LogP contribution in [-0.2, 0) is 0 Å². The van der Waals surface area contributed by atoms with Gasteiger partial charge in [-0.3, -0.25) is 0 Å². The smallest absolute Gasteiger partial charge is 0.224 e. The first-order chi connectivity index (χ1) is 15.1. The van der Waals surface area contributed by atoms with Crippen molar-refractivity contribution in [3.8, 4) is 23.0 Å². The van der Waals surface area contributed by atoms with Crippen LogP contribution in [0.2, 0.25) is 0 Å². The van der Waals surface area contributed by atoms with Crippen LogP contribution in [-0.4, -0.2) is 47.6 Å². The Balaban J connectivity index is 1.61. The van der Waals surface area contributed by atoms with Crippen LogP contribution in [0.4, 0.5) is 0 Å². The van der Waals surface area contributed by atoms with Gasteiger partial charge in [-0.05, 0) is 50.5 Å². The van der Waals surface area contributed by atoms with Gasteiger partial charge in [0.05, 0.1) is 36.2 Å². The van der Waals surface area contributed by atoms with Crippen LogP contribution >= 0.6 is 0 Å². The molecular weight excluding hydrogens is 392 g/mol. The summed E-state index contributed by atoms with van der Waals surface area (Å²) in [6, 6.07) is 5.74. The Morgan fingerprint density at radius 2 is 1.94 bits per heavy atom. The zero-order valence-corrected chi connectivity index (χ0v) is 18.0. The van der Waals surface area contributed by atoms with E-state index < -0.39 is 0 Å². The average Bonchev–Trinajstić information content (AvgIpc) is 3.42. The lowest BCUT2D eigenvalue weighted by Crippen LogP contribution is -2.27. The highest BCUT2D eigenvalue weighted by molar-refractivity contribution is 5.81. The van der Waals surface area contributed by atoms with Gasteiger partial charge in [-0.1, -0.05) is 12.8 Å². The third-order valence-electron chi connectivity index (χ3n) is 6.09. The molecule has 0 amide bonds. The fourth-order valence-electron chi connectivity index (χ4n) is 4.51. The number of ether oxygens (including phenoxy) is 1. The Kier molecular flexibility index (Phi) is 4.94. The standard InChI is InChI=1S/C23H26N6O2/c1-14-13-28(17-7-4-5-8-18(17)30)22-20(14)27-21(15(2)25-22)16-9-10-19(26-23(16)31-3)29-12-6-11-24-29/h6,9-13,17-18,30H,4-5,7-8H2,1-3H3/t17-,18-/m0/s1. The normalized spacial score (nSPS) is 19.1. The maximum atomic E-state index is 10.6. The van der Waals surface area contributed by atoms with Gasteiger partial charge in [0.2, 0.25) is 5.88 Å².